The smallest absolute Gasteiger partial charge is 0.341 e. The summed E-state index contributed by atoms with van der Waals surface area (Å²) in [6.45, 7) is 3.55. The molecule has 0 radical (unpaired) electrons. The third kappa shape index (κ3) is 8.43. The Morgan fingerprint density at radius 3 is 2.29 bits per heavy atom. The summed E-state index contributed by atoms with van der Waals surface area (Å²) in [5, 5.41) is 8.87. The maximum Gasteiger partial charge on any atom is 0.341 e. The summed E-state index contributed by atoms with van der Waals surface area (Å²) in [6.07, 6.45) is 1.06. The lowest BCUT2D eigenvalue weighted by molar-refractivity contribution is -0.139. The van der Waals surface area contributed by atoms with E-state index in [4.69, 9.17) is 14.6 Å². The van der Waals surface area contributed by atoms with E-state index in [1.54, 1.807) is 49.4 Å². The van der Waals surface area contributed by atoms with E-state index in [-0.39, 0.29) is 12.1 Å². The highest BCUT2D eigenvalue weighted by atomic mass is 32.2. The van der Waals surface area contributed by atoms with Gasteiger partial charge in [-0.3, -0.25) is 4.72 Å². The highest BCUT2D eigenvalue weighted by Crippen LogP contribution is 2.32. The quantitative estimate of drug-likeness (QED) is 0.195. The molecule has 42 heavy (non-hydrogen) atoms. The number of aryl methyl sites for hydroxylation is 1. The Hall–Kier alpha value is -4.64. The summed E-state index contributed by atoms with van der Waals surface area (Å²) in [5.41, 5.74) is 3.66. The molecule has 0 aliphatic heterocycles. The average molecular weight is 597 g/mol. The number of nitrogens with one attached hydrogen (secondary N) is 1. The van der Waals surface area contributed by atoms with Crippen molar-refractivity contribution in [1.29, 1.82) is 0 Å². The van der Waals surface area contributed by atoms with Gasteiger partial charge in [0.2, 0.25) is 10.0 Å². The number of benzene rings is 4. The van der Waals surface area contributed by atoms with Gasteiger partial charge in [-0.15, -0.1) is 0 Å². The summed E-state index contributed by atoms with van der Waals surface area (Å²) in [6, 6.07) is 20.9. The molecule has 0 saturated carbocycles. The zero-order valence-corrected chi connectivity index (χ0v) is 24.0. The van der Waals surface area contributed by atoms with E-state index in [1.165, 1.54) is 12.1 Å². The number of hydrogen-bond acceptors (Lipinski definition) is 6. The van der Waals surface area contributed by atoms with Crippen LogP contribution in [0, 0.1) is 25.5 Å². The molecule has 0 spiro atoms. The summed E-state index contributed by atoms with van der Waals surface area (Å²) in [7, 11) is -3.53. The second-order valence-electron chi connectivity index (χ2n) is 9.83. The van der Waals surface area contributed by atoms with E-state index in [0.29, 0.717) is 40.7 Å². The number of sulfonamides is 1. The topological polar surface area (TPSA) is 105 Å². The highest BCUT2D eigenvalue weighted by molar-refractivity contribution is 7.92. The molecule has 220 valence electrons. The maximum atomic E-state index is 14.7. The van der Waals surface area contributed by atoms with Gasteiger partial charge in [0, 0.05) is 36.5 Å². The fourth-order valence-electron chi connectivity index (χ4n) is 4.38. The second-order valence-corrected chi connectivity index (χ2v) is 11.6. The second kappa shape index (κ2) is 12.9. The van der Waals surface area contributed by atoms with Crippen LogP contribution in [0.25, 0.3) is 0 Å². The average Bonchev–Trinajstić information content (AvgIpc) is 2.90. The first-order chi connectivity index (χ1) is 19.9. The minimum atomic E-state index is -3.53. The van der Waals surface area contributed by atoms with Gasteiger partial charge in [0.25, 0.3) is 0 Å². The lowest BCUT2D eigenvalue weighted by Gasteiger charge is -2.28. The van der Waals surface area contributed by atoms with Crippen LogP contribution < -0.4 is 19.1 Å². The van der Waals surface area contributed by atoms with Crippen LogP contribution in [0.3, 0.4) is 0 Å². The first kappa shape index (κ1) is 30.3. The zero-order valence-electron chi connectivity index (χ0n) is 23.2. The normalized spacial score (nSPS) is 11.2. The van der Waals surface area contributed by atoms with Gasteiger partial charge in [0.15, 0.2) is 6.61 Å². The molecule has 0 bridgehead atoms. The van der Waals surface area contributed by atoms with Gasteiger partial charge in [-0.05, 0) is 73.0 Å². The number of ether oxygens (including phenoxy) is 2. The van der Waals surface area contributed by atoms with Crippen molar-refractivity contribution in [3.05, 3.63) is 113 Å². The van der Waals surface area contributed by atoms with Gasteiger partial charge in [-0.25, -0.2) is 22.0 Å². The van der Waals surface area contributed by atoms with Crippen LogP contribution in [0.1, 0.15) is 22.3 Å². The van der Waals surface area contributed by atoms with E-state index >= 15 is 0 Å². The molecule has 0 amide bonds. The standard InChI is InChI=1S/C31H30F2N2O6S/c1-20-13-26(40-19-31(36)37)16-27(14-20)41-25-11-7-22(8-12-25)17-35(18-23-9-10-24(32)15-28(23)33)30-6-4-5-29(21(30)2)34-42(3,38)39/h4-16,34H,17-19H2,1-3H3,(H,36,37). The largest absolute Gasteiger partial charge is 0.482 e. The molecule has 4 aromatic rings. The van der Waals surface area contributed by atoms with Crippen LogP contribution in [0.5, 0.6) is 17.2 Å². The Bertz CT molecular complexity index is 1690. The van der Waals surface area contributed by atoms with E-state index in [9.17, 15) is 22.0 Å². The molecule has 0 saturated heterocycles. The third-order valence-corrected chi connectivity index (χ3v) is 6.83. The minimum Gasteiger partial charge on any atom is -0.482 e. The number of halogens is 2. The summed E-state index contributed by atoms with van der Waals surface area (Å²) >= 11 is 0. The number of nitrogens with zero attached hydrogens (tertiary/aromatic N) is 1. The predicted octanol–water partition coefficient (Wildman–Crippen LogP) is 6.42. The number of aliphatic carboxylic acids is 1. The molecule has 0 atom stereocenters. The number of carbonyl (C=O) groups is 1. The van der Waals surface area contributed by atoms with Gasteiger partial charge in [-0.1, -0.05) is 24.3 Å². The number of carboxylic acid groups (broad SMARTS) is 1. The third-order valence-electron chi connectivity index (χ3n) is 6.24. The SMILES string of the molecule is Cc1cc(OCC(=O)O)cc(Oc2ccc(CN(Cc3ccc(F)cc3F)c3cccc(NS(C)(=O)=O)c3C)cc2)c1. The molecule has 0 heterocycles. The first-order valence-electron chi connectivity index (χ1n) is 12.9. The van der Waals surface area contributed by atoms with Crippen molar-refractivity contribution in [3.8, 4) is 17.2 Å². The number of hydrogen-bond donors (Lipinski definition) is 2. The minimum absolute atomic E-state index is 0.0932. The Morgan fingerprint density at radius 2 is 1.62 bits per heavy atom. The predicted molar refractivity (Wildman–Crippen MR) is 157 cm³/mol. The molecule has 4 rings (SSSR count). The molecule has 0 aliphatic rings. The molecule has 0 aliphatic carbocycles. The van der Waals surface area contributed by atoms with Crippen molar-refractivity contribution in [2.24, 2.45) is 0 Å². The van der Waals surface area contributed by atoms with Crippen molar-refractivity contribution in [2.75, 3.05) is 22.5 Å². The molecular formula is C31H30F2N2O6S. The van der Waals surface area contributed by atoms with Crippen molar-refractivity contribution in [1.82, 2.24) is 0 Å². The molecule has 0 fully saturated rings. The molecule has 0 unspecified atom stereocenters. The molecular weight excluding hydrogens is 566 g/mol. The van der Waals surface area contributed by atoms with Crippen molar-refractivity contribution in [3.63, 3.8) is 0 Å². The van der Waals surface area contributed by atoms with Gasteiger partial charge >= 0.3 is 5.97 Å². The molecule has 4 aromatic carbocycles. The Labute approximate surface area is 243 Å². The van der Waals surface area contributed by atoms with Crippen LogP contribution in [0.2, 0.25) is 0 Å². The van der Waals surface area contributed by atoms with Crippen LogP contribution in [0.4, 0.5) is 20.2 Å². The van der Waals surface area contributed by atoms with Gasteiger partial charge in [-0.2, -0.15) is 0 Å². The first-order valence-corrected chi connectivity index (χ1v) is 14.7. The lowest BCUT2D eigenvalue weighted by Crippen LogP contribution is -2.24. The summed E-state index contributed by atoms with van der Waals surface area (Å²) in [4.78, 5) is 12.7. The van der Waals surface area contributed by atoms with E-state index in [1.807, 2.05) is 30.0 Å². The number of rotatable bonds is 12. The van der Waals surface area contributed by atoms with Gasteiger partial charge < -0.3 is 19.5 Å². The van der Waals surface area contributed by atoms with Gasteiger partial charge in [0.05, 0.1) is 11.9 Å². The Balaban J connectivity index is 1.59. The Kier molecular flexibility index (Phi) is 9.31. The summed E-state index contributed by atoms with van der Waals surface area (Å²) < 4.78 is 65.8. The molecule has 0 aromatic heterocycles. The summed E-state index contributed by atoms with van der Waals surface area (Å²) in [5.74, 6) is -1.07. The van der Waals surface area contributed by atoms with E-state index in [0.717, 1.165) is 23.4 Å². The fourth-order valence-corrected chi connectivity index (χ4v) is 5.00. The molecule has 2 N–H and O–H groups in total. The van der Waals surface area contributed by atoms with Gasteiger partial charge in [0.1, 0.15) is 28.9 Å². The Morgan fingerprint density at radius 1 is 0.905 bits per heavy atom. The lowest BCUT2D eigenvalue weighted by atomic mass is 10.1. The van der Waals surface area contributed by atoms with Crippen LogP contribution >= 0.6 is 0 Å². The number of anilines is 2. The van der Waals surface area contributed by atoms with Crippen molar-refractivity contribution in [2.45, 2.75) is 26.9 Å². The monoisotopic (exact) mass is 596 g/mol. The zero-order chi connectivity index (χ0) is 30.4. The van der Waals surface area contributed by atoms with Crippen molar-refractivity contribution < 1.29 is 36.6 Å². The molecule has 8 nitrogen and oxygen atoms in total. The maximum absolute atomic E-state index is 14.7. The van der Waals surface area contributed by atoms with E-state index < -0.39 is 34.2 Å². The van der Waals surface area contributed by atoms with Crippen LogP contribution in [-0.2, 0) is 27.9 Å². The molecule has 11 heteroatoms. The van der Waals surface area contributed by atoms with Crippen LogP contribution in [-0.4, -0.2) is 32.4 Å². The number of carboxylic acids is 1. The van der Waals surface area contributed by atoms with Crippen LogP contribution in [0.15, 0.2) is 78.9 Å². The van der Waals surface area contributed by atoms with Crippen molar-refractivity contribution >= 4 is 27.4 Å². The highest BCUT2D eigenvalue weighted by Gasteiger charge is 2.17. The van der Waals surface area contributed by atoms with E-state index in [2.05, 4.69) is 4.72 Å². The fraction of sp³-hybridized carbons (Fsp3) is 0.194.